The van der Waals surface area contributed by atoms with E-state index in [4.69, 9.17) is 0 Å². The molecule has 1 N–H and O–H groups in total. The normalized spacial score (nSPS) is 14.2. The molecular weight excluding hydrogens is 140 g/mol. The summed E-state index contributed by atoms with van der Waals surface area (Å²) >= 11 is -1.22. The number of hydrogen-bond donors (Lipinski definition) is 1. The largest absolute Gasteiger partial charge is 0.295 e. The van der Waals surface area contributed by atoms with Crippen molar-refractivity contribution in [2.45, 2.75) is 0 Å². The Kier molecular flexibility index (Phi) is 4.88. The highest BCUT2D eigenvalue weighted by Crippen LogP contribution is 1.72. The van der Waals surface area contributed by atoms with Gasteiger partial charge in [0.1, 0.15) is 0 Å². The molecule has 0 fully saturated rings. The quantitative estimate of drug-likeness (QED) is 0.428. The van der Waals surface area contributed by atoms with Gasteiger partial charge in [-0.25, -0.2) is 4.21 Å². The number of hydroxylamine groups is 1. The minimum Gasteiger partial charge on any atom is -0.295 e. The summed E-state index contributed by atoms with van der Waals surface area (Å²) in [5.41, 5.74) is 2.51. The Morgan fingerprint density at radius 1 is 1.67 bits per heavy atom. The maximum atomic E-state index is 10.2. The number of nitrogens with one attached hydrogen (secondary N) is 1. The minimum atomic E-state index is -1.22. The molecule has 1 unspecified atom stereocenters. The predicted octanol–water partition coefficient (Wildman–Crippen LogP) is -0.680. The van der Waals surface area contributed by atoms with Crippen LogP contribution in [0.4, 0.5) is 0 Å². The van der Waals surface area contributed by atoms with Gasteiger partial charge in [-0.3, -0.25) is 4.90 Å². The van der Waals surface area contributed by atoms with Gasteiger partial charge in [0, 0.05) is 6.26 Å². The Labute approximate surface area is 57.8 Å². The molecule has 0 radical (unpaired) electrons. The van der Waals surface area contributed by atoms with Crippen LogP contribution >= 0.6 is 0 Å². The second kappa shape index (κ2) is 4.87. The zero-order valence-corrected chi connectivity index (χ0v) is 6.70. The van der Waals surface area contributed by atoms with Crippen molar-refractivity contribution in [1.82, 2.24) is 10.4 Å². The first-order chi connectivity index (χ1) is 4.13. The average Bonchev–Trinajstić information content (AvgIpc) is 1.63. The molecule has 0 aromatic heterocycles. The van der Waals surface area contributed by atoms with Crippen LogP contribution in [0.5, 0.6) is 0 Å². The highest BCUT2D eigenvalue weighted by atomic mass is 32.2. The van der Waals surface area contributed by atoms with Gasteiger partial charge in [0.05, 0.1) is 6.67 Å². The van der Waals surface area contributed by atoms with Crippen molar-refractivity contribution >= 4 is 11.1 Å². The minimum absolute atomic E-state index is 0.569. The summed E-state index contributed by atoms with van der Waals surface area (Å²) in [6.45, 7) is 0.569. The third-order valence-electron chi connectivity index (χ3n) is 0.557. The van der Waals surface area contributed by atoms with Crippen LogP contribution in [0.25, 0.3) is 0 Å². The molecule has 0 aliphatic rings. The molecule has 9 heavy (non-hydrogen) atoms. The second-order valence-corrected chi connectivity index (χ2v) is 2.84. The summed E-state index contributed by atoms with van der Waals surface area (Å²) in [6, 6.07) is 0. The molecular formula is C4H12N2O2S. The predicted molar refractivity (Wildman–Crippen MR) is 36.8 cm³/mol. The molecule has 0 aromatic rings. The van der Waals surface area contributed by atoms with Gasteiger partial charge in [-0.1, -0.05) is 0 Å². The average molecular weight is 152 g/mol. The second-order valence-electron chi connectivity index (χ2n) is 1.87. The Bertz CT molecular complexity index is 96.6. The standard InChI is InChI=1S/C4H12N2O2S/c1-6(2)4-5-8-9(3)7/h5H,4H2,1-3H3. The van der Waals surface area contributed by atoms with E-state index >= 15 is 0 Å². The Hall–Kier alpha value is 0.0300. The van der Waals surface area contributed by atoms with Gasteiger partial charge in [0.15, 0.2) is 11.1 Å². The van der Waals surface area contributed by atoms with Crippen molar-refractivity contribution < 1.29 is 8.49 Å². The maximum Gasteiger partial charge on any atom is 0.169 e. The molecule has 0 rings (SSSR count). The van der Waals surface area contributed by atoms with E-state index in [1.54, 1.807) is 0 Å². The topological polar surface area (TPSA) is 41.6 Å². The molecule has 56 valence electrons. The molecule has 0 aliphatic heterocycles. The smallest absolute Gasteiger partial charge is 0.169 e. The van der Waals surface area contributed by atoms with Crippen molar-refractivity contribution in [1.29, 1.82) is 0 Å². The number of rotatable bonds is 4. The van der Waals surface area contributed by atoms with Crippen molar-refractivity contribution in [3.8, 4) is 0 Å². The van der Waals surface area contributed by atoms with Crippen LogP contribution in [0.2, 0.25) is 0 Å². The van der Waals surface area contributed by atoms with Gasteiger partial charge in [-0.05, 0) is 14.1 Å². The number of nitrogens with zero attached hydrogens (tertiary/aromatic N) is 1. The van der Waals surface area contributed by atoms with E-state index in [0.717, 1.165) is 0 Å². The van der Waals surface area contributed by atoms with Crippen molar-refractivity contribution in [3.05, 3.63) is 0 Å². The van der Waals surface area contributed by atoms with Crippen LogP contribution in [0, 0.1) is 0 Å². The van der Waals surface area contributed by atoms with Crippen molar-refractivity contribution in [3.63, 3.8) is 0 Å². The lowest BCUT2D eigenvalue weighted by molar-refractivity contribution is 0.167. The molecule has 0 saturated carbocycles. The van der Waals surface area contributed by atoms with E-state index in [1.807, 2.05) is 19.0 Å². The van der Waals surface area contributed by atoms with E-state index in [1.165, 1.54) is 6.26 Å². The molecule has 0 bridgehead atoms. The van der Waals surface area contributed by atoms with Crippen LogP contribution in [0.15, 0.2) is 0 Å². The summed E-state index contributed by atoms with van der Waals surface area (Å²) in [4.78, 5) is 1.87. The fourth-order valence-electron chi connectivity index (χ4n) is 0.238. The highest BCUT2D eigenvalue weighted by Gasteiger charge is 1.89. The van der Waals surface area contributed by atoms with E-state index in [2.05, 4.69) is 9.76 Å². The number of hydrogen-bond acceptors (Lipinski definition) is 4. The summed E-state index contributed by atoms with van der Waals surface area (Å²) in [5.74, 6) is 0. The SMILES string of the molecule is CN(C)CNOS(C)=O. The van der Waals surface area contributed by atoms with E-state index < -0.39 is 11.1 Å². The Balaban J connectivity index is 3.01. The molecule has 0 heterocycles. The fourth-order valence-corrected chi connectivity index (χ4v) is 0.457. The molecule has 5 heteroatoms. The van der Waals surface area contributed by atoms with E-state index in [9.17, 15) is 4.21 Å². The van der Waals surface area contributed by atoms with Crippen LogP contribution < -0.4 is 5.48 Å². The van der Waals surface area contributed by atoms with Crippen LogP contribution in [0.3, 0.4) is 0 Å². The first-order valence-electron chi connectivity index (χ1n) is 2.51. The van der Waals surface area contributed by atoms with Gasteiger partial charge in [-0.2, -0.15) is 9.76 Å². The van der Waals surface area contributed by atoms with Gasteiger partial charge >= 0.3 is 0 Å². The zero-order chi connectivity index (χ0) is 7.28. The van der Waals surface area contributed by atoms with E-state index in [-0.39, 0.29) is 0 Å². The third kappa shape index (κ3) is 8.03. The van der Waals surface area contributed by atoms with Crippen molar-refractivity contribution in [2.24, 2.45) is 0 Å². The summed E-state index contributed by atoms with van der Waals surface area (Å²) in [7, 11) is 3.77. The molecule has 0 saturated heterocycles. The Morgan fingerprint density at radius 3 is 2.56 bits per heavy atom. The summed E-state index contributed by atoms with van der Waals surface area (Å²) < 4.78 is 14.8. The van der Waals surface area contributed by atoms with Crippen LogP contribution in [-0.2, 0) is 15.4 Å². The lowest BCUT2D eigenvalue weighted by Crippen LogP contribution is -2.28. The lowest BCUT2D eigenvalue weighted by Gasteiger charge is -2.08. The van der Waals surface area contributed by atoms with E-state index in [0.29, 0.717) is 6.67 Å². The molecule has 4 nitrogen and oxygen atoms in total. The molecule has 0 spiro atoms. The Morgan fingerprint density at radius 2 is 2.22 bits per heavy atom. The van der Waals surface area contributed by atoms with Crippen LogP contribution in [-0.4, -0.2) is 36.1 Å². The van der Waals surface area contributed by atoms with Gasteiger partial charge < -0.3 is 0 Å². The summed E-state index contributed by atoms with van der Waals surface area (Å²) in [6.07, 6.45) is 1.46. The fraction of sp³-hybridized carbons (Fsp3) is 1.00. The molecule has 1 atom stereocenters. The molecule has 0 aromatic carbocycles. The highest BCUT2D eigenvalue weighted by molar-refractivity contribution is 7.79. The lowest BCUT2D eigenvalue weighted by atomic mass is 10.9. The molecule has 0 aliphatic carbocycles. The maximum absolute atomic E-state index is 10.2. The van der Waals surface area contributed by atoms with Gasteiger partial charge in [0.25, 0.3) is 0 Å². The van der Waals surface area contributed by atoms with Gasteiger partial charge in [0.2, 0.25) is 0 Å². The first-order valence-corrected chi connectivity index (χ1v) is 3.99. The van der Waals surface area contributed by atoms with Crippen LogP contribution in [0.1, 0.15) is 0 Å². The third-order valence-corrected chi connectivity index (χ3v) is 0.910. The monoisotopic (exact) mass is 152 g/mol. The summed E-state index contributed by atoms with van der Waals surface area (Å²) in [5, 5.41) is 0. The van der Waals surface area contributed by atoms with Crippen molar-refractivity contribution in [2.75, 3.05) is 27.0 Å². The first kappa shape index (κ1) is 9.03. The zero-order valence-electron chi connectivity index (χ0n) is 5.88. The molecule has 0 amide bonds. The van der Waals surface area contributed by atoms with Gasteiger partial charge in [-0.15, -0.1) is 0 Å².